The molecule has 0 fully saturated rings. The molecule has 4 aromatic rings. The van der Waals surface area contributed by atoms with Gasteiger partial charge in [-0.25, -0.2) is 0 Å². The van der Waals surface area contributed by atoms with Gasteiger partial charge in [0.2, 0.25) is 0 Å². The number of methoxy groups -OCH3 is 3. The molecule has 1 amide bonds. The molecule has 166 valence electrons. The molecule has 0 spiro atoms. The highest BCUT2D eigenvalue weighted by Crippen LogP contribution is 2.39. The predicted octanol–water partition coefficient (Wildman–Crippen LogP) is 3.75. The molecule has 0 aliphatic carbocycles. The van der Waals surface area contributed by atoms with E-state index in [0.717, 1.165) is 21.2 Å². The fraction of sp³-hybridized carbons (Fsp3) is 0.250. The van der Waals surface area contributed by atoms with Gasteiger partial charge in [0.25, 0.3) is 11.5 Å². The van der Waals surface area contributed by atoms with Gasteiger partial charge in [0.05, 0.1) is 31.5 Å². The lowest BCUT2D eigenvalue weighted by atomic mass is 10.1. The number of ether oxygens (including phenoxy) is 3. The molecule has 0 unspecified atom stereocenters. The summed E-state index contributed by atoms with van der Waals surface area (Å²) < 4.78 is 18.5. The summed E-state index contributed by atoms with van der Waals surface area (Å²) >= 11 is 1.28. The van der Waals surface area contributed by atoms with Crippen molar-refractivity contribution >= 4 is 38.2 Å². The van der Waals surface area contributed by atoms with Crippen molar-refractivity contribution in [2.45, 2.75) is 6.42 Å². The lowest BCUT2D eigenvalue weighted by Crippen LogP contribution is -2.25. The van der Waals surface area contributed by atoms with Crippen molar-refractivity contribution in [1.29, 1.82) is 0 Å². The summed E-state index contributed by atoms with van der Waals surface area (Å²) in [5, 5.41) is 4.29. The Balaban J connectivity index is 1.62. The standard InChI is InChI=1S/C24H24N2O5S/c1-26-16-8-6-5-7-15(16)21-19(24(26)28)20(31-4)22(32-21)23(27)25-12-11-14-9-10-17(29-2)18(13-14)30-3/h5-10,13H,11-12H2,1-4H3,(H,25,27). The van der Waals surface area contributed by atoms with Gasteiger partial charge in [-0.1, -0.05) is 24.3 Å². The van der Waals surface area contributed by atoms with Crippen molar-refractivity contribution in [2.24, 2.45) is 7.05 Å². The van der Waals surface area contributed by atoms with Crippen LogP contribution in [-0.2, 0) is 13.5 Å². The lowest BCUT2D eigenvalue weighted by molar-refractivity contribution is 0.0955. The van der Waals surface area contributed by atoms with Crippen LogP contribution in [0.15, 0.2) is 47.3 Å². The normalized spacial score (nSPS) is 11.0. The number of rotatable bonds is 7. The zero-order valence-electron chi connectivity index (χ0n) is 18.4. The second kappa shape index (κ2) is 8.92. The highest BCUT2D eigenvalue weighted by Gasteiger charge is 2.24. The van der Waals surface area contributed by atoms with E-state index in [-0.39, 0.29) is 11.5 Å². The lowest BCUT2D eigenvalue weighted by Gasteiger charge is -2.10. The number of aromatic nitrogens is 1. The van der Waals surface area contributed by atoms with Crippen molar-refractivity contribution in [2.75, 3.05) is 27.9 Å². The summed E-state index contributed by atoms with van der Waals surface area (Å²) in [7, 11) is 6.39. The quantitative estimate of drug-likeness (QED) is 0.462. The van der Waals surface area contributed by atoms with Gasteiger partial charge in [-0.05, 0) is 30.2 Å². The number of benzene rings is 2. The van der Waals surface area contributed by atoms with E-state index < -0.39 is 0 Å². The Labute approximate surface area is 189 Å². The molecule has 0 bridgehead atoms. The van der Waals surface area contributed by atoms with Crippen molar-refractivity contribution < 1.29 is 19.0 Å². The van der Waals surface area contributed by atoms with Gasteiger partial charge >= 0.3 is 0 Å². The van der Waals surface area contributed by atoms with Crippen LogP contribution in [0, 0.1) is 0 Å². The topological polar surface area (TPSA) is 78.8 Å². The maximum atomic E-state index is 13.0. The molecule has 2 aromatic carbocycles. The number of carbonyl (C=O) groups excluding carboxylic acids is 1. The van der Waals surface area contributed by atoms with Crippen LogP contribution in [0.5, 0.6) is 17.2 Å². The SMILES string of the molecule is COc1ccc(CCNC(=O)c2sc3c(c2OC)c(=O)n(C)c2ccccc32)cc1OC. The van der Waals surface area contributed by atoms with E-state index >= 15 is 0 Å². The van der Waals surface area contributed by atoms with Crippen molar-refractivity contribution in [1.82, 2.24) is 9.88 Å². The highest BCUT2D eigenvalue weighted by molar-refractivity contribution is 7.22. The smallest absolute Gasteiger partial charge is 0.265 e. The Morgan fingerprint density at radius 1 is 1.03 bits per heavy atom. The maximum absolute atomic E-state index is 13.0. The van der Waals surface area contributed by atoms with E-state index in [0.29, 0.717) is 40.5 Å². The molecule has 7 nitrogen and oxygen atoms in total. The molecule has 2 heterocycles. The van der Waals surface area contributed by atoms with Crippen LogP contribution in [-0.4, -0.2) is 38.3 Å². The largest absolute Gasteiger partial charge is 0.494 e. The number of aryl methyl sites for hydroxylation is 1. The van der Waals surface area contributed by atoms with Gasteiger partial charge in [-0.2, -0.15) is 0 Å². The molecular formula is C24H24N2O5S. The Morgan fingerprint density at radius 3 is 2.50 bits per heavy atom. The van der Waals surface area contributed by atoms with Gasteiger partial charge in [-0.3, -0.25) is 9.59 Å². The Morgan fingerprint density at radius 2 is 1.78 bits per heavy atom. The molecule has 8 heteroatoms. The number of nitrogens with one attached hydrogen (secondary N) is 1. The zero-order chi connectivity index (χ0) is 22.8. The summed E-state index contributed by atoms with van der Waals surface area (Å²) in [6.45, 7) is 0.421. The fourth-order valence-electron chi connectivity index (χ4n) is 3.82. The molecule has 0 radical (unpaired) electrons. The van der Waals surface area contributed by atoms with Crippen LogP contribution in [0.25, 0.3) is 21.0 Å². The summed E-state index contributed by atoms with van der Waals surface area (Å²) in [4.78, 5) is 26.4. The van der Waals surface area contributed by atoms with Crippen LogP contribution in [0.3, 0.4) is 0 Å². The minimum Gasteiger partial charge on any atom is -0.494 e. The molecule has 1 N–H and O–H groups in total. The number of hydrogen-bond donors (Lipinski definition) is 1. The first kappa shape index (κ1) is 21.7. The van der Waals surface area contributed by atoms with Crippen LogP contribution < -0.4 is 25.1 Å². The first-order valence-electron chi connectivity index (χ1n) is 10.1. The highest BCUT2D eigenvalue weighted by atomic mass is 32.1. The van der Waals surface area contributed by atoms with E-state index in [4.69, 9.17) is 14.2 Å². The van der Waals surface area contributed by atoms with E-state index in [1.807, 2.05) is 42.5 Å². The third kappa shape index (κ3) is 3.67. The molecule has 0 atom stereocenters. The van der Waals surface area contributed by atoms with Crippen LogP contribution >= 0.6 is 11.3 Å². The number of carbonyl (C=O) groups is 1. The maximum Gasteiger partial charge on any atom is 0.265 e. The van der Waals surface area contributed by atoms with Gasteiger partial charge in [0.1, 0.15) is 10.3 Å². The van der Waals surface area contributed by atoms with Crippen LogP contribution in [0.2, 0.25) is 0 Å². The second-order valence-corrected chi connectivity index (χ2v) is 8.27. The Hall–Kier alpha value is -3.52. The van der Waals surface area contributed by atoms with Gasteiger partial charge in [-0.15, -0.1) is 11.3 Å². The van der Waals surface area contributed by atoms with E-state index in [2.05, 4.69) is 5.32 Å². The molecule has 0 saturated carbocycles. The summed E-state index contributed by atoms with van der Waals surface area (Å²) in [5.41, 5.74) is 1.64. The number of para-hydroxylation sites is 1. The Kier molecular flexibility index (Phi) is 6.05. The Bertz CT molecular complexity index is 1370. The summed E-state index contributed by atoms with van der Waals surface area (Å²) in [6, 6.07) is 13.3. The number of hydrogen-bond acceptors (Lipinski definition) is 6. The third-order valence-electron chi connectivity index (χ3n) is 5.45. The third-order valence-corrected chi connectivity index (χ3v) is 6.65. The van der Waals surface area contributed by atoms with Crippen molar-refractivity contribution in [3.05, 3.63) is 63.3 Å². The number of nitrogens with zero attached hydrogens (tertiary/aromatic N) is 1. The van der Waals surface area contributed by atoms with Crippen molar-refractivity contribution in [3.63, 3.8) is 0 Å². The number of amides is 1. The van der Waals surface area contributed by atoms with Gasteiger partial charge in [0, 0.05) is 19.0 Å². The molecule has 0 aliphatic rings. The second-order valence-electron chi connectivity index (χ2n) is 7.25. The first-order valence-corrected chi connectivity index (χ1v) is 10.9. The van der Waals surface area contributed by atoms with E-state index in [9.17, 15) is 9.59 Å². The van der Waals surface area contributed by atoms with Gasteiger partial charge in [0.15, 0.2) is 17.2 Å². The number of fused-ring (bicyclic) bond motifs is 3. The predicted molar refractivity (Wildman–Crippen MR) is 127 cm³/mol. The molecular weight excluding hydrogens is 428 g/mol. The van der Waals surface area contributed by atoms with Crippen molar-refractivity contribution in [3.8, 4) is 17.2 Å². The molecule has 32 heavy (non-hydrogen) atoms. The minimum absolute atomic E-state index is 0.184. The number of thiophene rings is 1. The molecule has 2 aromatic heterocycles. The first-order chi connectivity index (χ1) is 15.5. The van der Waals surface area contributed by atoms with Crippen LogP contribution in [0.1, 0.15) is 15.2 Å². The molecule has 0 saturated heterocycles. The minimum atomic E-state index is -0.269. The number of pyridine rings is 1. The average molecular weight is 453 g/mol. The zero-order valence-corrected chi connectivity index (χ0v) is 19.2. The molecule has 0 aliphatic heterocycles. The summed E-state index contributed by atoms with van der Waals surface area (Å²) in [5.74, 6) is 1.35. The average Bonchev–Trinajstić information content (AvgIpc) is 3.22. The monoisotopic (exact) mass is 452 g/mol. The van der Waals surface area contributed by atoms with E-state index in [1.165, 1.54) is 18.4 Å². The van der Waals surface area contributed by atoms with E-state index in [1.54, 1.807) is 25.8 Å². The van der Waals surface area contributed by atoms with Crippen LogP contribution in [0.4, 0.5) is 0 Å². The fourth-order valence-corrected chi connectivity index (χ4v) is 5.03. The summed E-state index contributed by atoms with van der Waals surface area (Å²) in [6.07, 6.45) is 0.615. The molecule has 4 rings (SSSR count). The van der Waals surface area contributed by atoms with Gasteiger partial charge < -0.3 is 24.1 Å².